The molecule has 0 unspecified atom stereocenters. The number of rotatable bonds is 2. The minimum atomic E-state index is -0.0157. The number of benzene rings is 1. The van der Waals surface area contributed by atoms with Crippen molar-refractivity contribution in [2.24, 2.45) is 0 Å². The Bertz CT molecular complexity index is 546. The first-order valence-corrected chi connectivity index (χ1v) is 5.65. The fraction of sp³-hybridized carbons (Fsp3) is 0.0833. The molecule has 0 radical (unpaired) electrons. The summed E-state index contributed by atoms with van der Waals surface area (Å²) in [6.45, 7) is 1.51. The second-order valence-electron chi connectivity index (χ2n) is 3.50. The third kappa shape index (κ3) is 1.79. The van der Waals surface area contributed by atoms with Crippen LogP contribution in [0.2, 0.25) is 0 Å². The molecule has 82 valence electrons. The van der Waals surface area contributed by atoms with E-state index in [9.17, 15) is 9.90 Å². The van der Waals surface area contributed by atoms with Crippen molar-refractivity contribution in [3.05, 3.63) is 35.2 Å². The van der Waals surface area contributed by atoms with Gasteiger partial charge in [0.05, 0.1) is 0 Å². The fourth-order valence-electron chi connectivity index (χ4n) is 1.53. The monoisotopic (exact) mass is 233 g/mol. The quantitative estimate of drug-likeness (QED) is 0.476. The van der Waals surface area contributed by atoms with E-state index in [2.05, 4.69) is 0 Å². The molecule has 1 aromatic heterocycles. The maximum absolute atomic E-state index is 11.4. The van der Waals surface area contributed by atoms with Crippen LogP contribution >= 0.6 is 11.3 Å². The highest BCUT2D eigenvalue weighted by Gasteiger charge is 2.14. The summed E-state index contributed by atoms with van der Waals surface area (Å²) >= 11 is 1.42. The standard InChI is InChI=1S/C12H11NO2S/c1-7(14)9-4-5-16-12(9)10-6-8(13)2-3-11(10)15/h2-6,15H,13H2,1H3. The number of hydrogen-bond acceptors (Lipinski definition) is 4. The van der Waals surface area contributed by atoms with E-state index in [0.29, 0.717) is 16.8 Å². The number of ketones is 1. The molecule has 3 N–H and O–H groups in total. The van der Waals surface area contributed by atoms with E-state index in [4.69, 9.17) is 5.73 Å². The maximum atomic E-state index is 11.4. The van der Waals surface area contributed by atoms with Crippen LogP contribution in [-0.2, 0) is 0 Å². The van der Waals surface area contributed by atoms with Gasteiger partial charge >= 0.3 is 0 Å². The number of carbonyl (C=O) groups excluding carboxylic acids is 1. The summed E-state index contributed by atoms with van der Waals surface area (Å²) in [6, 6.07) is 6.59. The number of phenolic OH excluding ortho intramolecular Hbond substituents is 1. The zero-order valence-corrected chi connectivity index (χ0v) is 9.54. The van der Waals surface area contributed by atoms with E-state index in [1.807, 2.05) is 5.38 Å². The van der Waals surface area contributed by atoms with E-state index < -0.39 is 0 Å². The Morgan fingerprint density at radius 3 is 2.81 bits per heavy atom. The maximum Gasteiger partial charge on any atom is 0.161 e. The molecular formula is C12H11NO2S. The molecule has 1 heterocycles. The van der Waals surface area contributed by atoms with Crippen LogP contribution in [0.5, 0.6) is 5.75 Å². The van der Waals surface area contributed by atoms with Crippen LogP contribution < -0.4 is 5.73 Å². The topological polar surface area (TPSA) is 63.3 Å². The summed E-state index contributed by atoms with van der Waals surface area (Å²) < 4.78 is 0. The summed E-state index contributed by atoms with van der Waals surface area (Å²) in [5, 5.41) is 11.6. The zero-order chi connectivity index (χ0) is 11.7. The smallest absolute Gasteiger partial charge is 0.161 e. The highest BCUT2D eigenvalue weighted by Crippen LogP contribution is 2.36. The van der Waals surface area contributed by atoms with Crippen LogP contribution in [0.4, 0.5) is 5.69 Å². The van der Waals surface area contributed by atoms with Gasteiger partial charge in [0.25, 0.3) is 0 Å². The number of thiophene rings is 1. The van der Waals surface area contributed by atoms with Crippen molar-refractivity contribution in [2.45, 2.75) is 6.92 Å². The van der Waals surface area contributed by atoms with Crippen molar-refractivity contribution < 1.29 is 9.90 Å². The minimum absolute atomic E-state index is 0.0157. The molecule has 2 rings (SSSR count). The average molecular weight is 233 g/mol. The predicted molar refractivity (Wildman–Crippen MR) is 65.8 cm³/mol. The summed E-state index contributed by atoms with van der Waals surface area (Å²) in [7, 11) is 0. The van der Waals surface area contributed by atoms with Crippen LogP contribution in [-0.4, -0.2) is 10.9 Å². The molecule has 4 heteroatoms. The second-order valence-corrected chi connectivity index (χ2v) is 4.41. The lowest BCUT2D eigenvalue weighted by molar-refractivity contribution is 0.101. The van der Waals surface area contributed by atoms with E-state index in [1.54, 1.807) is 18.2 Å². The molecule has 0 saturated carbocycles. The molecule has 16 heavy (non-hydrogen) atoms. The first-order valence-electron chi connectivity index (χ1n) is 4.77. The lowest BCUT2D eigenvalue weighted by Gasteiger charge is -2.05. The van der Waals surface area contributed by atoms with Crippen molar-refractivity contribution in [1.82, 2.24) is 0 Å². The van der Waals surface area contributed by atoms with Crippen LogP contribution in [0.3, 0.4) is 0 Å². The van der Waals surface area contributed by atoms with Crippen LogP contribution in [0.1, 0.15) is 17.3 Å². The Kier molecular flexibility index (Phi) is 2.66. The van der Waals surface area contributed by atoms with Crippen LogP contribution in [0.25, 0.3) is 10.4 Å². The molecule has 0 aliphatic carbocycles. The van der Waals surface area contributed by atoms with Crippen molar-refractivity contribution in [1.29, 1.82) is 0 Å². The van der Waals surface area contributed by atoms with Gasteiger partial charge in [-0.05, 0) is 36.6 Å². The number of anilines is 1. The Balaban J connectivity index is 2.62. The van der Waals surface area contributed by atoms with Crippen LogP contribution in [0.15, 0.2) is 29.6 Å². The molecule has 0 fully saturated rings. The first kappa shape index (κ1) is 10.7. The Labute approximate surface area is 97.2 Å². The molecule has 0 spiro atoms. The van der Waals surface area contributed by atoms with Gasteiger partial charge < -0.3 is 10.8 Å². The largest absolute Gasteiger partial charge is 0.507 e. The average Bonchev–Trinajstić information content (AvgIpc) is 2.70. The van der Waals surface area contributed by atoms with E-state index >= 15 is 0 Å². The normalized spacial score (nSPS) is 10.3. The van der Waals surface area contributed by atoms with Crippen molar-refractivity contribution in [2.75, 3.05) is 5.73 Å². The number of hydrogen-bond donors (Lipinski definition) is 2. The molecule has 2 aromatic rings. The van der Waals surface area contributed by atoms with Crippen molar-refractivity contribution >= 4 is 22.8 Å². The molecular weight excluding hydrogens is 222 g/mol. The highest BCUT2D eigenvalue weighted by molar-refractivity contribution is 7.14. The van der Waals surface area contributed by atoms with Gasteiger partial charge in [-0.1, -0.05) is 0 Å². The molecule has 0 bridgehead atoms. The lowest BCUT2D eigenvalue weighted by Crippen LogP contribution is -1.92. The Hall–Kier alpha value is -1.81. The number of nitrogens with two attached hydrogens (primary N) is 1. The highest BCUT2D eigenvalue weighted by atomic mass is 32.1. The second kappa shape index (κ2) is 3.98. The number of nitrogen functional groups attached to an aromatic ring is 1. The predicted octanol–water partition coefficient (Wildman–Crippen LogP) is 2.91. The summed E-state index contributed by atoms with van der Waals surface area (Å²) in [5.41, 5.74) is 7.46. The third-order valence-corrected chi connectivity index (χ3v) is 3.26. The number of aromatic hydroxyl groups is 1. The van der Waals surface area contributed by atoms with Gasteiger partial charge in [-0.3, -0.25) is 4.79 Å². The molecule has 3 nitrogen and oxygen atoms in total. The Morgan fingerprint density at radius 2 is 2.12 bits per heavy atom. The summed E-state index contributed by atoms with van der Waals surface area (Å²) in [5.74, 6) is 0.122. The summed E-state index contributed by atoms with van der Waals surface area (Å²) in [6.07, 6.45) is 0. The molecule has 0 amide bonds. The van der Waals surface area contributed by atoms with Crippen molar-refractivity contribution in [3.8, 4) is 16.2 Å². The van der Waals surface area contributed by atoms with Crippen molar-refractivity contribution in [3.63, 3.8) is 0 Å². The summed E-state index contributed by atoms with van der Waals surface area (Å²) in [4.78, 5) is 12.2. The van der Waals surface area contributed by atoms with Gasteiger partial charge in [0, 0.05) is 21.7 Å². The SMILES string of the molecule is CC(=O)c1ccsc1-c1cc(N)ccc1O. The van der Waals surface area contributed by atoms with Gasteiger partial charge in [0.2, 0.25) is 0 Å². The van der Waals surface area contributed by atoms with E-state index in [0.717, 1.165) is 4.88 Å². The van der Waals surface area contributed by atoms with Gasteiger partial charge in [0.1, 0.15) is 5.75 Å². The zero-order valence-electron chi connectivity index (χ0n) is 8.73. The minimum Gasteiger partial charge on any atom is -0.507 e. The molecule has 0 aliphatic rings. The molecule has 1 aromatic carbocycles. The number of phenols is 1. The van der Waals surface area contributed by atoms with Crippen LogP contribution in [0, 0.1) is 0 Å². The number of carbonyl (C=O) groups is 1. The van der Waals surface area contributed by atoms with E-state index in [1.165, 1.54) is 24.3 Å². The van der Waals surface area contributed by atoms with Gasteiger partial charge in [0.15, 0.2) is 5.78 Å². The third-order valence-electron chi connectivity index (χ3n) is 2.31. The molecule has 0 atom stereocenters. The lowest BCUT2D eigenvalue weighted by atomic mass is 10.1. The van der Waals surface area contributed by atoms with Gasteiger partial charge in [-0.15, -0.1) is 11.3 Å². The van der Waals surface area contributed by atoms with Gasteiger partial charge in [-0.25, -0.2) is 0 Å². The van der Waals surface area contributed by atoms with Gasteiger partial charge in [-0.2, -0.15) is 0 Å². The number of Topliss-reactive ketones (excluding diaryl/α,β-unsaturated/α-hetero) is 1. The Morgan fingerprint density at radius 1 is 1.38 bits per heavy atom. The molecule has 0 aliphatic heterocycles. The fourth-order valence-corrected chi connectivity index (χ4v) is 2.50. The van der Waals surface area contributed by atoms with E-state index in [-0.39, 0.29) is 11.5 Å². The first-order chi connectivity index (χ1) is 7.59. The molecule has 0 saturated heterocycles.